The zero-order valence-corrected chi connectivity index (χ0v) is 12.6. The zero-order chi connectivity index (χ0) is 14.3. The smallest absolute Gasteiger partial charge is 0.246 e. The molecular weight excluding hydrogens is 256 g/mol. The van der Waals surface area contributed by atoms with Crippen LogP contribution in [-0.4, -0.2) is 51.0 Å². The molecule has 1 heterocycles. The van der Waals surface area contributed by atoms with Gasteiger partial charge in [0.15, 0.2) is 0 Å². The van der Waals surface area contributed by atoms with E-state index in [4.69, 9.17) is 9.47 Å². The van der Waals surface area contributed by atoms with Crippen LogP contribution in [0.1, 0.15) is 44.9 Å². The highest BCUT2D eigenvalue weighted by Gasteiger charge is 2.37. The minimum atomic E-state index is -0.000961. The quantitative estimate of drug-likeness (QED) is 0.720. The van der Waals surface area contributed by atoms with Crippen LogP contribution in [0.4, 0.5) is 0 Å². The molecule has 1 spiro atoms. The minimum Gasteiger partial charge on any atom is -0.382 e. The van der Waals surface area contributed by atoms with E-state index in [-0.39, 0.29) is 18.1 Å². The van der Waals surface area contributed by atoms with Gasteiger partial charge in [0.1, 0.15) is 6.61 Å². The summed E-state index contributed by atoms with van der Waals surface area (Å²) in [6.07, 6.45) is 8.57. The zero-order valence-electron chi connectivity index (χ0n) is 12.6. The van der Waals surface area contributed by atoms with Crippen molar-refractivity contribution >= 4 is 5.91 Å². The highest BCUT2D eigenvalue weighted by atomic mass is 16.5. The average Bonchev–Trinajstić information content (AvgIpc) is 2.44. The molecular formula is C15H28N2O3. The van der Waals surface area contributed by atoms with Gasteiger partial charge in [0.05, 0.1) is 13.2 Å². The summed E-state index contributed by atoms with van der Waals surface area (Å²) in [5.74, 6) is -0.000961. The third-order valence-electron chi connectivity index (χ3n) is 4.47. The highest BCUT2D eigenvalue weighted by Crippen LogP contribution is 2.34. The number of hydrogen-bond acceptors (Lipinski definition) is 4. The molecule has 1 saturated carbocycles. The van der Waals surface area contributed by atoms with E-state index in [0.717, 1.165) is 19.4 Å². The third kappa shape index (κ3) is 4.72. The molecule has 1 aliphatic heterocycles. The topological polar surface area (TPSA) is 59.6 Å². The molecule has 0 aromatic carbocycles. The van der Waals surface area contributed by atoms with E-state index < -0.39 is 0 Å². The molecule has 1 atom stereocenters. The lowest BCUT2D eigenvalue weighted by Gasteiger charge is -2.44. The molecule has 2 fully saturated rings. The molecule has 0 aromatic heterocycles. The van der Waals surface area contributed by atoms with Gasteiger partial charge in [-0.15, -0.1) is 0 Å². The average molecular weight is 284 g/mol. The van der Waals surface area contributed by atoms with Crippen LogP contribution in [-0.2, 0) is 14.3 Å². The molecule has 20 heavy (non-hydrogen) atoms. The van der Waals surface area contributed by atoms with Crippen molar-refractivity contribution in [2.24, 2.45) is 0 Å². The first-order valence-corrected chi connectivity index (χ1v) is 7.85. The number of nitrogens with one attached hydrogen (secondary N) is 2. The summed E-state index contributed by atoms with van der Waals surface area (Å²) in [5, 5.41) is 6.82. The van der Waals surface area contributed by atoms with Gasteiger partial charge in [-0.2, -0.15) is 0 Å². The normalized spacial score (nSPS) is 25.6. The van der Waals surface area contributed by atoms with Crippen molar-refractivity contribution in [3.8, 4) is 0 Å². The number of piperidine rings is 1. The molecule has 1 unspecified atom stereocenters. The number of carbonyl (C=O) groups is 1. The van der Waals surface area contributed by atoms with Crippen molar-refractivity contribution in [2.45, 2.75) is 56.5 Å². The fourth-order valence-electron chi connectivity index (χ4n) is 3.47. The number of carbonyl (C=O) groups excluding carboxylic acids is 1. The number of methoxy groups -OCH3 is 1. The number of amides is 1. The molecule has 0 bridgehead atoms. The first kappa shape index (κ1) is 15.7. The number of ether oxygens (including phenoxy) is 2. The van der Waals surface area contributed by atoms with Gasteiger partial charge in [0, 0.05) is 18.7 Å². The Bertz CT molecular complexity index is 298. The third-order valence-corrected chi connectivity index (χ3v) is 4.47. The van der Waals surface area contributed by atoms with Crippen molar-refractivity contribution in [1.29, 1.82) is 0 Å². The van der Waals surface area contributed by atoms with Gasteiger partial charge in [0.25, 0.3) is 0 Å². The van der Waals surface area contributed by atoms with Gasteiger partial charge >= 0.3 is 0 Å². The van der Waals surface area contributed by atoms with E-state index in [2.05, 4.69) is 10.6 Å². The van der Waals surface area contributed by atoms with Crippen LogP contribution in [0, 0.1) is 0 Å². The Kier molecular flexibility index (Phi) is 6.26. The Morgan fingerprint density at radius 2 is 2.10 bits per heavy atom. The first-order chi connectivity index (χ1) is 9.74. The fraction of sp³-hybridized carbons (Fsp3) is 0.933. The molecule has 0 radical (unpaired) electrons. The molecule has 2 rings (SSSR count). The van der Waals surface area contributed by atoms with E-state index in [1.54, 1.807) is 7.11 Å². The largest absolute Gasteiger partial charge is 0.382 e. The van der Waals surface area contributed by atoms with Crippen molar-refractivity contribution in [3.05, 3.63) is 0 Å². The molecule has 2 N–H and O–H groups in total. The SMILES string of the molecule is COCCOCC(=O)NC1CCNC2(CCCCC2)C1. The van der Waals surface area contributed by atoms with Crippen molar-refractivity contribution in [2.75, 3.05) is 33.5 Å². The standard InChI is InChI=1S/C15H28N2O3/c1-19-9-10-20-12-14(18)17-13-5-8-16-15(11-13)6-3-2-4-7-15/h13,16H,2-12H2,1H3,(H,17,18). The Hall–Kier alpha value is -0.650. The molecule has 1 saturated heterocycles. The van der Waals surface area contributed by atoms with Crippen molar-refractivity contribution in [3.63, 3.8) is 0 Å². The second kappa shape index (κ2) is 7.96. The number of hydrogen-bond donors (Lipinski definition) is 2. The van der Waals surface area contributed by atoms with E-state index in [0.29, 0.717) is 19.3 Å². The van der Waals surface area contributed by atoms with Gasteiger partial charge in [-0.05, 0) is 32.2 Å². The van der Waals surface area contributed by atoms with Gasteiger partial charge in [-0.3, -0.25) is 4.79 Å². The maximum atomic E-state index is 11.8. The second-order valence-corrected chi connectivity index (χ2v) is 6.07. The van der Waals surface area contributed by atoms with Crippen LogP contribution < -0.4 is 10.6 Å². The summed E-state index contributed by atoms with van der Waals surface area (Å²) >= 11 is 0. The lowest BCUT2D eigenvalue weighted by Crippen LogP contribution is -2.57. The monoisotopic (exact) mass is 284 g/mol. The molecule has 5 nitrogen and oxygen atoms in total. The van der Waals surface area contributed by atoms with E-state index in [1.807, 2.05) is 0 Å². The Balaban J connectivity index is 1.70. The summed E-state index contributed by atoms with van der Waals surface area (Å²) in [6.45, 7) is 2.15. The number of rotatable bonds is 6. The summed E-state index contributed by atoms with van der Waals surface area (Å²) < 4.78 is 10.1. The Morgan fingerprint density at radius 3 is 2.85 bits per heavy atom. The van der Waals surface area contributed by atoms with Crippen molar-refractivity contribution < 1.29 is 14.3 Å². The lowest BCUT2D eigenvalue weighted by molar-refractivity contribution is -0.127. The van der Waals surface area contributed by atoms with Crippen LogP contribution >= 0.6 is 0 Å². The lowest BCUT2D eigenvalue weighted by atomic mass is 9.75. The molecule has 116 valence electrons. The van der Waals surface area contributed by atoms with Crippen molar-refractivity contribution in [1.82, 2.24) is 10.6 Å². The molecule has 5 heteroatoms. The van der Waals surface area contributed by atoms with Gasteiger partial charge in [-0.25, -0.2) is 0 Å². The Morgan fingerprint density at radius 1 is 1.30 bits per heavy atom. The van der Waals surface area contributed by atoms with Crippen LogP contribution in [0.2, 0.25) is 0 Å². The summed E-state index contributed by atoms with van der Waals surface area (Å²) in [6, 6.07) is 0.299. The van der Waals surface area contributed by atoms with Crippen LogP contribution in [0.25, 0.3) is 0 Å². The maximum absolute atomic E-state index is 11.8. The van der Waals surface area contributed by atoms with Crippen LogP contribution in [0.15, 0.2) is 0 Å². The summed E-state index contributed by atoms with van der Waals surface area (Å²) in [5.41, 5.74) is 0.283. The molecule has 1 amide bonds. The fourth-order valence-corrected chi connectivity index (χ4v) is 3.47. The maximum Gasteiger partial charge on any atom is 0.246 e. The van der Waals surface area contributed by atoms with Gasteiger partial charge in [-0.1, -0.05) is 19.3 Å². The summed E-state index contributed by atoms with van der Waals surface area (Å²) in [7, 11) is 1.63. The van der Waals surface area contributed by atoms with E-state index >= 15 is 0 Å². The minimum absolute atomic E-state index is 0.000961. The van der Waals surface area contributed by atoms with Crippen LogP contribution in [0.3, 0.4) is 0 Å². The molecule has 0 aromatic rings. The summed E-state index contributed by atoms with van der Waals surface area (Å²) in [4.78, 5) is 11.8. The van der Waals surface area contributed by atoms with E-state index in [9.17, 15) is 4.79 Å². The predicted molar refractivity (Wildman–Crippen MR) is 77.7 cm³/mol. The van der Waals surface area contributed by atoms with Gasteiger partial charge in [0.2, 0.25) is 5.91 Å². The second-order valence-electron chi connectivity index (χ2n) is 6.07. The Labute approximate surface area is 121 Å². The predicted octanol–water partition coefficient (Wildman–Crippen LogP) is 1.22. The van der Waals surface area contributed by atoms with E-state index in [1.165, 1.54) is 32.1 Å². The van der Waals surface area contributed by atoms with Gasteiger partial charge < -0.3 is 20.1 Å². The van der Waals surface area contributed by atoms with Crippen LogP contribution in [0.5, 0.6) is 0 Å². The molecule has 2 aliphatic rings. The molecule has 1 aliphatic carbocycles. The first-order valence-electron chi connectivity index (χ1n) is 7.85. The highest BCUT2D eigenvalue weighted by molar-refractivity contribution is 5.77.